The topological polar surface area (TPSA) is 33.1 Å². The lowest BCUT2D eigenvalue weighted by Gasteiger charge is -2.48. The average molecular weight is 414 g/mol. The average Bonchev–Trinajstić information content (AvgIpc) is 2.65. The lowest BCUT2D eigenvalue weighted by atomic mass is 9.83. The summed E-state index contributed by atoms with van der Waals surface area (Å²) in [6, 6.07) is 9.32. The van der Waals surface area contributed by atoms with E-state index < -0.39 is 5.60 Å². The molecule has 2 aromatic rings. The summed E-state index contributed by atoms with van der Waals surface area (Å²) >= 11 is 16.2. The summed E-state index contributed by atoms with van der Waals surface area (Å²) in [7, 11) is 0. The van der Waals surface area contributed by atoms with Gasteiger partial charge in [0.15, 0.2) is 0 Å². The van der Waals surface area contributed by atoms with Gasteiger partial charge in [0.1, 0.15) is 5.60 Å². The van der Waals surface area contributed by atoms with Crippen LogP contribution in [0, 0.1) is 0 Å². The highest BCUT2D eigenvalue weighted by molar-refractivity contribution is 8.18. The second-order valence-electron chi connectivity index (χ2n) is 6.17. The van der Waals surface area contributed by atoms with Crippen LogP contribution in [0.4, 0.5) is 0 Å². The van der Waals surface area contributed by atoms with E-state index >= 15 is 0 Å². The van der Waals surface area contributed by atoms with Crippen LogP contribution < -0.4 is 0 Å². The van der Waals surface area contributed by atoms with Gasteiger partial charge < -0.3 is 5.11 Å². The van der Waals surface area contributed by atoms with Crippen molar-refractivity contribution in [1.29, 1.82) is 0 Å². The fourth-order valence-corrected chi connectivity index (χ4v) is 7.31. The Labute approximate surface area is 167 Å². The van der Waals surface area contributed by atoms with Crippen LogP contribution in [0.1, 0.15) is 30.9 Å². The normalized spacial score (nSPS) is 19.4. The summed E-state index contributed by atoms with van der Waals surface area (Å²) in [5.41, 5.74) is 0.672. The first-order valence-electron chi connectivity index (χ1n) is 8.35. The maximum atomic E-state index is 12.0. The van der Waals surface area contributed by atoms with Gasteiger partial charge in [-0.25, -0.2) is 0 Å². The Bertz CT molecular complexity index is 723. The summed E-state index contributed by atoms with van der Waals surface area (Å²) in [4.78, 5) is 4.26. The molecule has 1 fully saturated rings. The van der Waals surface area contributed by atoms with E-state index in [1.165, 1.54) is 6.42 Å². The minimum atomic E-state index is -1.07. The molecule has 2 nitrogen and oxygen atoms in total. The number of hydrogen-bond donors (Lipinski definition) is 1. The highest BCUT2D eigenvalue weighted by Crippen LogP contribution is 2.56. The molecule has 0 saturated carbocycles. The van der Waals surface area contributed by atoms with Gasteiger partial charge in [-0.1, -0.05) is 42.3 Å². The quantitative estimate of drug-likeness (QED) is 0.671. The smallest absolute Gasteiger partial charge is 0.119 e. The van der Waals surface area contributed by atoms with E-state index in [1.54, 1.807) is 18.5 Å². The lowest BCUT2D eigenvalue weighted by molar-refractivity contribution is 0.0222. The molecule has 6 heteroatoms. The molecule has 1 saturated heterocycles. The van der Waals surface area contributed by atoms with Gasteiger partial charge in [0.05, 0.1) is 4.08 Å². The SMILES string of the molecule is CCC1(C(O)(Cc2ccc(Cl)cc2Cl)c2cccnc2)SCCCS1. The van der Waals surface area contributed by atoms with Crippen LogP contribution in [-0.4, -0.2) is 25.7 Å². The number of aromatic nitrogens is 1. The van der Waals surface area contributed by atoms with E-state index in [0.717, 1.165) is 29.1 Å². The molecule has 0 radical (unpaired) electrons. The monoisotopic (exact) mass is 413 g/mol. The molecule has 1 aromatic heterocycles. The van der Waals surface area contributed by atoms with Crippen molar-refractivity contribution in [2.24, 2.45) is 0 Å². The Balaban J connectivity index is 2.09. The van der Waals surface area contributed by atoms with Gasteiger partial charge >= 0.3 is 0 Å². The zero-order chi connectivity index (χ0) is 17.9. The van der Waals surface area contributed by atoms with E-state index in [9.17, 15) is 5.11 Å². The number of aliphatic hydroxyl groups is 1. The maximum Gasteiger partial charge on any atom is 0.119 e. The lowest BCUT2D eigenvalue weighted by Crippen LogP contribution is -2.50. The minimum Gasteiger partial charge on any atom is -0.382 e. The first kappa shape index (κ1) is 19.4. The molecule has 3 rings (SSSR count). The van der Waals surface area contributed by atoms with Gasteiger partial charge in [-0.3, -0.25) is 4.98 Å². The van der Waals surface area contributed by atoms with Gasteiger partial charge in [-0.15, -0.1) is 23.5 Å². The molecule has 134 valence electrons. The molecule has 1 aromatic carbocycles. The Morgan fingerprint density at radius 3 is 2.60 bits per heavy atom. The fourth-order valence-electron chi connectivity index (χ4n) is 3.31. The summed E-state index contributed by atoms with van der Waals surface area (Å²) in [6.07, 6.45) is 5.97. The first-order valence-corrected chi connectivity index (χ1v) is 11.1. The maximum absolute atomic E-state index is 12.0. The van der Waals surface area contributed by atoms with Crippen molar-refractivity contribution in [1.82, 2.24) is 4.98 Å². The Morgan fingerprint density at radius 2 is 2.00 bits per heavy atom. The number of hydrogen-bond acceptors (Lipinski definition) is 4. The zero-order valence-electron chi connectivity index (χ0n) is 14.0. The summed E-state index contributed by atoms with van der Waals surface area (Å²) < 4.78 is -0.322. The molecule has 25 heavy (non-hydrogen) atoms. The molecule has 0 bridgehead atoms. The van der Waals surface area contributed by atoms with Crippen molar-refractivity contribution in [3.05, 3.63) is 63.9 Å². The van der Waals surface area contributed by atoms with Gasteiger partial charge in [0.2, 0.25) is 0 Å². The Hall–Kier alpha value is -0.390. The Morgan fingerprint density at radius 1 is 1.24 bits per heavy atom. The highest BCUT2D eigenvalue weighted by atomic mass is 35.5. The van der Waals surface area contributed by atoms with E-state index in [0.29, 0.717) is 16.5 Å². The van der Waals surface area contributed by atoms with Crippen molar-refractivity contribution in [3.8, 4) is 0 Å². The zero-order valence-corrected chi connectivity index (χ0v) is 17.2. The van der Waals surface area contributed by atoms with Crippen LogP contribution in [0.3, 0.4) is 0 Å². The van der Waals surface area contributed by atoms with Crippen LogP contribution in [0.5, 0.6) is 0 Å². The third-order valence-corrected chi connectivity index (χ3v) is 9.12. The standard InChI is InChI=1S/C19H21Cl2NOS2/c1-2-19(24-9-4-10-25-19)18(23,15-5-3-8-22-13-15)12-14-6-7-16(20)11-17(14)21/h3,5-8,11,13,23H,2,4,9-10,12H2,1H3. The predicted octanol–water partition coefficient (Wildman–Crippen LogP) is 5.80. The number of pyridine rings is 1. The van der Waals surface area contributed by atoms with Gasteiger partial charge in [-0.2, -0.15) is 0 Å². The molecule has 0 aliphatic carbocycles. The van der Waals surface area contributed by atoms with E-state index in [-0.39, 0.29) is 4.08 Å². The molecule has 1 N–H and O–H groups in total. The van der Waals surface area contributed by atoms with Gasteiger partial charge in [0, 0.05) is 34.4 Å². The molecular formula is C19H21Cl2NOS2. The fraction of sp³-hybridized carbons (Fsp3) is 0.421. The van der Waals surface area contributed by atoms with Crippen LogP contribution in [0.2, 0.25) is 10.0 Å². The number of nitrogens with zero attached hydrogens (tertiary/aromatic N) is 1. The van der Waals surface area contributed by atoms with Crippen LogP contribution >= 0.6 is 46.7 Å². The van der Waals surface area contributed by atoms with E-state index in [1.807, 2.05) is 47.8 Å². The van der Waals surface area contributed by atoms with Crippen molar-refractivity contribution in [3.63, 3.8) is 0 Å². The third kappa shape index (κ3) is 3.84. The van der Waals surface area contributed by atoms with Crippen LogP contribution in [0.15, 0.2) is 42.7 Å². The number of rotatable bonds is 5. The van der Waals surface area contributed by atoms with Crippen molar-refractivity contribution in [2.75, 3.05) is 11.5 Å². The third-order valence-electron chi connectivity index (χ3n) is 4.66. The highest BCUT2D eigenvalue weighted by Gasteiger charge is 2.52. The van der Waals surface area contributed by atoms with Crippen molar-refractivity contribution in [2.45, 2.75) is 35.9 Å². The summed E-state index contributed by atoms with van der Waals surface area (Å²) in [5, 5.41) is 13.2. The predicted molar refractivity (Wildman–Crippen MR) is 111 cm³/mol. The Kier molecular flexibility index (Phi) is 6.27. The molecule has 0 amide bonds. The van der Waals surface area contributed by atoms with Gasteiger partial charge in [0.25, 0.3) is 0 Å². The van der Waals surface area contributed by atoms with Crippen molar-refractivity contribution >= 4 is 46.7 Å². The first-order chi connectivity index (χ1) is 12.0. The van der Waals surface area contributed by atoms with E-state index in [2.05, 4.69) is 11.9 Å². The van der Waals surface area contributed by atoms with Gasteiger partial charge in [-0.05, 0) is 48.1 Å². The molecule has 1 unspecified atom stereocenters. The van der Waals surface area contributed by atoms with E-state index in [4.69, 9.17) is 23.2 Å². The molecular weight excluding hydrogens is 393 g/mol. The van der Waals surface area contributed by atoms with Crippen LogP contribution in [-0.2, 0) is 12.0 Å². The summed E-state index contributed by atoms with van der Waals surface area (Å²) in [5.74, 6) is 2.11. The van der Waals surface area contributed by atoms with Crippen molar-refractivity contribution < 1.29 is 5.11 Å². The second kappa shape index (κ2) is 8.10. The summed E-state index contributed by atoms with van der Waals surface area (Å²) in [6.45, 7) is 2.15. The molecule has 0 spiro atoms. The second-order valence-corrected chi connectivity index (χ2v) is 10.1. The molecule has 1 aliphatic rings. The molecule has 2 heterocycles. The largest absolute Gasteiger partial charge is 0.382 e. The minimum absolute atomic E-state index is 0.322. The number of thioether (sulfide) groups is 2. The van der Waals surface area contributed by atoms with Crippen LogP contribution in [0.25, 0.3) is 0 Å². The number of halogens is 2. The number of benzene rings is 1. The molecule has 1 aliphatic heterocycles. The molecule has 1 atom stereocenters.